The molecule has 0 N–H and O–H groups in total. The van der Waals surface area contributed by atoms with Gasteiger partial charge >= 0.3 is 0 Å². The van der Waals surface area contributed by atoms with E-state index in [4.69, 9.17) is 12.2 Å². The predicted molar refractivity (Wildman–Crippen MR) is 99.0 cm³/mol. The Balaban J connectivity index is 1.39. The van der Waals surface area contributed by atoms with E-state index < -0.39 is 0 Å². The summed E-state index contributed by atoms with van der Waals surface area (Å²) in [4.78, 5) is 4.95. The Kier molecular flexibility index (Phi) is 4.18. The van der Waals surface area contributed by atoms with Gasteiger partial charge in [-0.3, -0.25) is 4.90 Å². The van der Waals surface area contributed by atoms with Crippen LogP contribution < -0.4 is 4.90 Å². The first-order valence-corrected chi connectivity index (χ1v) is 9.22. The predicted octanol–water partition coefficient (Wildman–Crippen LogP) is 3.15. The van der Waals surface area contributed by atoms with E-state index in [2.05, 4.69) is 51.5 Å². The minimum atomic E-state index is 0.604. The number of piperazine rings is 1. The number of anilines is 1. The molecule has 2 heterocycles. The highest BCUT2D eigenvalue weighted by molar-refractivity contribution is 7.71. The maximum atomic E-state index is 5.57. The van der Waals surface area contributed by atoms with Crippen molar-refractivity contribution in [3.63, 3.8) is 0 Å². The lowest BCUT2D eigenvalue weighted by atomic mass is 10.1. The fourth-order valence-corrected chi connectivity index (χ4v) is 3.75. The van der Waals surface area contributed by atoms with Gasteiger partial charge in [0.25, 0.3) is 0 Å². The zero-order valence-electron chi connectivity index (χ0n) is 14.5. The van der Waals surface area contributed by atoms with Gasteiger partial charge in [-0.1, -0.05) is 12.1 Å². The molecule has 1 aromatic heterocycles. The highest BCUT2D eigenvalue weighted by atomic mass is 32.1. The Hall–Kier alpha value is -1.66. The minimum Gasteiger partial charge on any atom is -0.369 e. The molecule has 0 spiro atoms. The molecule has 2 aliphatic rings. The zero-order valence-corrected chi connectivity index (χ0v) is 15.3. The summed E-state index contributed by atoms with van der Waals surface area (Å²) in [7, 11) is 0. The van der Waals surface area contributed by atoms with Crippen LogP contribution in [0.1, 0.15) is 30.0 Å². The molecule has 1 aliphatic heterocycles. The normalized spacial score (nSPS) is 19.0. The average molecular weight is 344 g/mol. The Bertz CT molecular complexity index is 781. The van der Waals surface area contributed by atoms with Gasteiger partial charge in [-0.15, -0.1) is 0 Å². The topological polar surface area (TPSA) is 29.2 Å². The molecular formula is C18H25N5S. The summed E-state index contributed by atoms with van der Waals surface area (Å²) in [5, 5.41) is 4.49. The third-order valence-corrected chi connectivity index (χ3v) is 5.74. The van der Waals surface area contributed by atoms with Gasteiger partial charge in [0.05, 0.1) is 6.67 Å². The van der Waals surface area contributed by atoms with Crippen molar-refractivity contribution in [1.82, 2.24) is 19.2 Å². The number of benzene rings is 1. The smallest absolute Gasteiger partial charge is 0.199 e. The standard InChI is InChI=1S/C18H25N5S/c1-14-4-3-5-17(15(14)2)21-10-8-20(9-11-21)13-23-18(24)22(12-19-23)16-6-7-16/h3-5,12,16H,6-11,13H2,1-2H3. The van der Waals surface area contributed by atoms with Crippen LogP contribution in [0.3, 0.4) is 0 Å². The van der Waals surface area contributed by atoms with Crippen LogP contribution in [0.5, 0.6) is 0 Å². The number of hydrogen-bond donors (Lipinski definition) is 0. The van der Waals surface area contributed by atoms with Crippen molar-refractivity contribution in [2.24, 2.45) is 0 Å². The van der Waals surface area contributed by atoms with Crippen molar-refractivity contribution in [2.75, 3.05) is 31.1 Å². The van der Waals surface area contributed by atoms with Crippen molar-refractivity contribution in [3.05, 3.63) is 40.4 Å². The van der Waals surface area contributed by atoms with E-state index >= 15 is 0 Å². The highest BCUT2D eigenvalue weighted by Gasteiger charge is 2.25. The molecule has 1 saturated carbocycles. The number of hydrogen-bond acceptors (Lipinski definition) is 4. The fourth-order valence-electron chi connectivity index (χ4n) is 3.45. The quantitative estimate of drug-likeness (QED) is 0.798. The lowest BCUT2D eigenvalue weighted by Gasteiger charge is -2.36. The number of aryl methyl sites for hydroxylation is 1. The zero-order chi connectivity index (χ0) is 16.7. The second kappa shape index (κ2) is 6.33. The molecule has 5 nitrogen and oxygen atoms in total. The van der Waals surface area contributed by atoms with E-state index in [0.717, 1.165) is 37.6 Å². The molecule has 128 valence electrons. The highest BCUT2D eigenvalue weighted by Crippen LogP contribution is 2.34. The molecule has 1 aromatic carbocycles. The van der Waals surface area contributed by atoms with E-state index in [1.807, 2.05) is 11.0 Å². The molecule has 0 atom stereocenters. The van der Waals surface area contributed by atoms with Crippen LogP contribution in [0.4, 0.5) is 5.69 Å². The third kappa shape index (κ3) is 3.00. The average Bonchev–Trinajstić information content (AvgIpc) is 3.36. The van der Waals surface area contributed by atoms with Gasteiger partial charge in [-0.2, -0.15) is 5.10 Å². The van der Waals surface area contributed by atoms with Gasteiger partial charge < -0.3 is 9.47 Å². The van der Waals surface area contributed by atoms with E-state index in [9.17, 15) is 0 Å². The molecule has 0 radical (unpaired) electrons. The SMILES string of the molecule is Cc1cccc(N2CCN(Cn3ncn(C4CC4)c3=S)CC2)c1C. The van der Waals surface area contributed by atoms with Crippen LogP contribution >= 0.6 is 12.2 Å². The minimum absolute atomic E-state index is 0.604. The first kappa shape index (κ1) is 15.8. The summed E-state index contributed by atoms with van der Waals surface area (Å²) in [6, 6.07) is 7.19. The van der Waals surface area contributed by atoms with Gasteiger partial charge in [0.1, 0.15) is 6.33 Å². The molecule has 24 heavy (non-hydrogen) atoms. The lowest BCUT2D eigenvalue weighted by Crippen LogP contribution is -2.47. The van der Waals surface area contributed by atoms with E-state index in [1.165, 1.54) is 29.7 Å². The van der Waals surface area contributed by atoms with Gasteiger partial charge in [0, 0.05) is 37.9 Å². The summed E-state index contributed by atoms with van der Waals surface area (Å²) >= 11 is 5.57. The molecule has 0 bridgehead atoms. The lowest BCUT2D eigenvalue weighted by molar-refractivity contribution is 0.194. The Labute approximate surface area is 148 Å². The Morgan fingerprint density at radius 1 is 1.12 bits per heavy atom. The Morgan fingerprint density at radius 2 is 1.88 bits per heavy atom. The van der Waals surface area contributed by atoms with Crippen molar-refractivity contribution in [3.8, 4) is 0 Å². The van der Waals surface area contributed by atoms with Crippen LogP contribution in [0.2, 0.25) is 0 Å². The van der Waals surface area contributed by atoms with Crippen molar-refractivity contribution in [1.29, 1.82) is 0 Å². The molecule has 4 rings (SSSR count). The molecule has 2 fully saturated rings. The second-order valence-corrected chi connectivity index (χ2v) is 7.38. The van der Waals surface area contributed by atoms with Gasteiger partial charge in [-0.05, 0) is 56.1 Å². The van der Waals surface area contributed by atoms with Crippen molar-refractivity contribution < 1.29 is 0 Å². The van der Waals surface area contributed by atoms with Crippen LogP contribution in [0.25, 0.3) is 0 Å². The molecule has 1 aliphatic carbocycles. The van der Waals surface area contributed by atoms with Crippen LogP contribution in [0, 0.1) is 18.6 Å². The summed E-state index contributed by atoms with van der Waals surface area (Å²) in [6.45, 7) is 9.42. The molecule has 0 unspecified atom stereocenters. The van der Waals surface area contributed by atoms with Gasteiger partial charge in [0.15, 0.2) is 4.77 Å². The second-order valence-electron chi connectivity index (χ2n) is 7.02. The fraction of sp³-hybridized carbons (Fsp3) is 0.556. The van der Waals surface area contributed by atoms with Crippen molar-refractivity contribution in [2.45, 2.75) is 39.4 Å². The van der Waals surface area contributed by atoms with Crippen LogP contribution in [-0.4, -0.2) is 45.4 Å². The van der Waals surface area contributed by atoms with Crippen molar-refractivity contribution >= 4 is 17.9 Å². The molecule has 2 aromatic rings. The monoisotopic (exact) mass is 343 g/mol. The molecule has 1 saturated heterocycles. The molecule has 0 amide bonds. The third-order valence-electron chi connectivity index (χ3n) is 5.32. The van der Waals surface area contributed by atoms with Gasteiger partial charge in [-0.25, -0.2) is 4.68 Å². The van der Waals surface area contributed by atoms with E-state index in [0.29, 0.717) is 6.04 Å². The molecule has 6 heteroatoms. The first-order chi connectivity index (χ1) is 11.6. The summed E-state index contributed by atoms with van der Waals surface area (Å²) < 4.78 is 5.00. The first-order valence-electron chi connectivity index (χ1n) is 8.81. The summed E-state index contributed by atoms with van der Waals surface area (Å²) in [5.74, 6) is 0. The number of rotatable bonds is 4. The van der Waals surface area contributed by atoms with E-state index in [-0.39, 0.29) is 0 Å². The summed E-state index contributed by atoms with van der Waals surface area (Å²) in [6.07, 6.45) is 4.40. The van der Waals surface area contributed by atoms with Crippen LogP contribution in [0.15, 0.2) is 24.5 Å². The number of aromatic nitrogens is 3. The maximum absolute atomic E-state index is 5.57. The maximum Gasteiger partial charge on any atom is 0.199 e. The molecular weight excluding hydrogens is 318 g/mol. The van der Waals surface area contributed by atoms with Gasteiger partial charge in [0.2, 0.25) is 0 Å². The summed E-state index contributed by atoms with van der Waals surface area (Å²) in [5.41, 5.74) is 4.15. The Morgan fingerprint density at radius 3 is 2.58 bits per heavy atom. The van der Waals surface area contributed by atoms with Crippen LogP contribution in [-0.2, 0) is 6.67 Å². The largest absolute Gasteiger partial charge is 0.369 e. The number of nitrogens with zero attached hydrogens (tertiary/aromatic N) is 5. The van der Waals surface area contributed by atoms with E-state index in [1.54, 1.807) is 0 Å².